The van der Waals surface area contributed by atoms with Crippen molar-refractivity contribution < 1.29 is 27.0 Å². The van der Waals surface area contributed by atoms with Crippen LogP contribution in [0.5, 0.6) is 0 Å². The largest absolute Gasteiger partial charge is 0.356 e. The van der Waals surface area contributed by atoms with E-state index in [1.165, 1.54) is 0 Å². The van der Waals surface area contributed by atoms with Crippen molar-refractivity contribution in [3.05, 3.63) is 0 Å². The molecule has 6 N–H and O–H groups in total. The molecule has 0 aromatic carbocycles. The van der Waals surface area contributed by atoms with Crippen molar-refractivity contribution in [3.63, 3.8) is 0 Å². The summed E-state index contributed by atoms with van der Waals surface area (Å²) < 4.78 is 31.6. The Morgan fingerprint density at radius 3 is 2.62 bits per heavy atom. The van der Waals surface area contributed by atoms with Crippen molar-refractivity contribution >= 4 is 33.8 Å². The molecule has 2 aliphatic rings. The van der Waals surface area contributed by atoms with Gasteiger partial charge >= 0.3 is 6.03 Å². The molecule has 0 radical (unpaired) electrons. The van der Waals surface area contributed by atoms with Gasteiger partial charge in [0.05, 0.1) is 44.5 Å². The molecule has 2 saturated heterocycles. The summed E-state index contributed by atoms with van der Waals surface area (Å²) in [7, 11) is -1.88. The van der Waals surface area contributed by atoms with E-state index in [0.717, 1.165) is 50.9 Å². The number of nitrogens with zero attached hydrogens (tertiary/aromatic N) is 1. The molecule has 0 aromatic heterocycles. The predicted octanol–water partition coefficient (Wildman–Crippen LogP) is 0.292. The van der Waals surface area contributed by atoms with Crippen LogP contribution in [0.4, 0.5) is 4.79 Å². The number of amides is 3. The van der Waals surface area contributed by atoms with E-state index in [1.54, 1.807) is 0 Å². The number of nitrogens with one attached hydrogen (secondary N) is 3. The molecule has 0 aliphatic carbocycles. The lowest BCUT2D eigenvalue weighted by Crippen LogP contribution is -2.48. The average molecular weight is 495 g/mol. The summed E-state index contributed by atoms with van der Waals surface area (Å²) in [4.78, 5) is 23.6. The molecular weight excluding hydrogens is 454 g/mol. The number of carbonyl (C=O) groups is 2. The first-order valence-corrected chi connectivity index (χ1v) is 14.2. The van der Waals surface area contributed by atoms with Crippen molar-refractivity contribution in [2.45, 2.75) is 62.3 Å². The van der Waals surface area contributed by atoms with Crippen LogP contribution in [-0.4, -0.2) is 98.0 Å². The zero-order chi connectivity index (χ0) is 23.6. The molecule has 12 heteroatoms. The van der Waals surface area contributed by atoms with Gasteiger partial charge in [0.2, 0.25) is 5.91 Å². The van der Waals surface area contributed by atoms with Crippen LogP contribution in [0, 0.1) is 0 Å². The molecule has 3 amide bonds. The first kappa shape index (κ1) is 27.2. The van der Waals surface area contributed by atoms with E-state index in [2.05, 4.69) is 23.0 Å². The van der Waals surface area contributed by atoms with E-state index in [4.69, 9.17) is 10.3 Å². The number of unbranched alkanes of at least 4 members (excludes halogenated alkanes) is 1. The van der Waals surface area contributed by atoms with Crippen LogP contribution in [0.15, 0.2) is 0 Å². The lowest BCUT2D eigenvalue weighted by atomic mass is 10.0. The number of urea groups is 1. The fraction of sp³-hybridized carbons (Fsp3) is 0.900. The van der Waals surface area contributed by atoms with E-state index in [0.29, 0.717) is 42.2 Å². The highest BCUT2D eigenvalue weighted by Crippen LogP contribution is 2.33. The summed E-state index contributed by atoms with van der Waals surface area (Å²) in [6.45, 7) is 3.46. The molecule has 2 rings (SSSR count). The molecule has 0 aromatic rings. The molecule has 186 valence electrons. The number of nitrogens with two attached hydrogens (primary N) is 1. The zero-order valence-corrected chi connectivity index (χ0v) is 20.7. The Morgan fingerprint density at radius 2 is 1.91 bits per heavy atom. The summed E-state index contributed by atoms with van der Waals surface area (Å²) in [5.41, 5.74) is 5.63. The molecule has 2 aliphatic heterocycles. The third-order valence-electron chi connectivity index (χ3n) is 6.28. The highest BCUT2D eigenvalue weighted by atomic mass is 32.2. The predicted molar refractivity (Wildman–Crippen MR) is 127 cm³/mol. The smallest absolute Gasteiger partial charge is 0.315 e. The molecule has 10 nitrogen and oxygen atoms in total. The van der Waals surface area contributed by atoms with Gasteiger partial charge in [0.25, 0.3) is 10.1 Å². The maximum atomic E-state index is 12.1. The second-order valence-electron chi connectivity index (χ2n) is 9.14. The van der Waals surface area contributed by atoms with E-state index < -0.39 is 10.1 Å². The van der Waals surface area contributed by atoms with Crippen molar-refractivity contribution in [1.29, 1.82) is 0 Å². The van der Waals surface area contributed by atoms with E-state index in [9.17, 15) is 18.0 Å². The van der Waals surface area contributed by atoms with Gasteiger partial charge < -0.3 is 26.2 Å². The van der Waals surface area contributed by atoms with Crippen LogP contribution in [0.2, 0.25) is 0 Å². The van der Waals surface area contributed by atoms with Gasteiger partial charge in [-0.3, -0.25) is 9.35 Å². The molecule has 4 unspecified atom stereocenters. The molecule has 0 spiro atoms. The Labute approximate surface area is 196 Å². The average Bonchev–Trinajstić information content (AvgIpc) is 3.25. The minimum atomic E-state index is -3.94. The fourth-order valence-electron chi connectivity index (χ4n) is 4.49. The van der Waals surface area contributed by atoms with Crippen molar-refractivity contribution in [2.75, 3.05) is 51.3 Å². The maximum absolute atomic E-state index is 12.1. The van der Waals surface area contributed by atoms with E-state index in [-0.39, 0.29) is 29.8 Å². The molecule has 0 saturated carbocycles. The number of quaternary nitrogens is 1. The summed E-state index contributed by atoms with van der Waals surface area (Å²) >= 11 is 1.89. The van der Waals surface area contributed by atoms with Crippen molar-refractivity contribution in [3.8, 4) is 0 Å². The fourth-order valence-corrected chi connectivity index (χ4v) is 6.53. The van der Waals surface area contributed by atoms with Crippen LogP contribution < -0.4 is 21.7 Å². The third-order valence-corrected chi connectivity index (χ3v) is 8.59. The van der Waals surface area contributed by atoms with Crippen molar-refractivity contribution in [2.24, 2.45) is 5.73 Å². The topological polar surface area (TPSA) is 151 Å². The highest BCUT2D eigenvalue weighted by molar-refractivity contribution is 8.00. The van der Waals surface area contributed by atoms with Gasteiger partial charge in [0.15, 0.2) is 0 Å². The van der Waals surface area contributed by atoms with Gasteiger partial charge in [-0.25, -0.2) is 4.79 Å². The number of hydrogen-bond acceptors (Lipinski definition) is 6. The second-order valence-corrected chi connectivity index (χ2v) is 12.0. The van der Waals surface area contributed by atoms with E-state index in [1.807, 2.05) is 11.8 Å². The van der Waals surface area contributed by atoms with Gasteiger partial charge in [-0.1, -0.05) is 6.42 Å². The molecule has 4 atom stereocenters. The normalized spacial score (nSPS) is 24.5. The van der Waals surface area contributed by atoms with Gasteiger partial charge in [-0.2, -0.15) is 20.2 Å². The Kier molecular flexibility index (Phi) is 11.0. The van der Waals surface area contributed by atoms with Crippen molar-refractivity contribution in [1.82, 2.24) is 16.0 Å². The standard InChI is InChI=1S/C20H39N5O5S2/c1-25(11-4-9-21,13-6-14-32(28,29)30)12-5-10-22-18(26)8-3-2-7-17-19-16(15-31-17)23-20(27)24-19/h16-17,19H,2-15,21H2,1H3,(H3-,22,23,24,26,27,28,29,30)/p+1. The number of thioether (sulfide) groups is 1. The van der Waals surface area contributed by atoms with E-state index >= 15 is 0 Å². The van der Waals surface area contributed by atoms with Crippen LogP contribution >= 0.6 is 11.8 Å². The maximum Gasteiger partial charge on any atom is 0.315 e. The molecule has 2 fully saturated rings. The molecular formula is C20H40N5O5S2+. The number of fused-ring (bicyclic) bond motifs is 1. The first-order chi connectivity index (χ1) is 15.1. The lowest BCUT2D eigenvalue weighted by molar-refractivity contribution is -0.909. The quantitative estimate of drug-likeness (QED) is 0.0895. The summed E-state index contributed by atoms with van der Waals surface area (Å²) in [6.07, 6.45) is 5.34. The second kappa shape index (κ2) is 13.0. The van der Waals surface area contributed by atoms with Crippen LogP contribution in [0.3, 0.4) is 0 Å². The summed E-state index contributed by atoms with van der Waals surface area (Å²) in [5, 5.41) is 9.34. The Hall–Kier alpha value is -1.08. The molecule has 2 heterocycles. The first-order valence-electron chi connectivity index (χ1n) is 11.6. The lowest BCUT2D eigenvalue weighted by Gasteiger charge is -2.34. The summed E-state index contributed by atoms with van der Waals surface area (Å²) in [5.74, 6) is 0.775. The monoisotopic (exact) mass is 494 g/mol. The molecule has 0 bridgehead atoms. The van der Waals surface area contributed by atoms with Gasteiger partial charge in [0.1, 0.15) is 0 Å². The highest BCUT2D eigenvalue weighted by Gasteiger charge is 2.42. The molecule has 32 heavy (non-hydrogen) atoms. The number of carbonyl (C=O) groups excluding carboxylic acids is 2. The SMILES string of the molecule is C[N+](CCCN)(CCCNC(=O)CCCCC1SCC2NC(=O)NC21)CCCS(=O)(=O)O. The summed E-state index contributed by atoms with van der Waals surface area (Å²) in [6, 6.07) is 0.383. The third kappa shape index (κ3) is 9.82. The number of hydrogen-bond donors (Lipinski definition) is 5. The Bertz CT molecular complexity index is 723. The van der Waals surface area contributed by atoms with Gasteiger partial charge in [-0.05, 0) is 19.4 Å². The van der Waals surface area contributed by atoms with Crippen LogP contribution in [-0.2, 0) is 14.9 Å². The Morgan fingerprint density at radius 1 is 1.19 bits per heavy atom. The zero-order valence-electron chi connectivity index (χ0n) is 19.1. The number of rotatable bonds is 16. The Balaban J connectivity index is 1.57. The minimum absolute atomic E-state index is 0.0559. The van der Waals surface area contributed by atoms with Gasteiger partial charge in [0, 0.05) is 43.2 Å². The minimum Gasteiger partial charge on any atom is -0.356 e. The van der Waals surface area contributed by atoms with Crippen LogP contribution in [0.25, 0.3) is 0 Å². The van der Waals surface area contributed by atoms with Crippen LogP contribution in [0.1, 0.15) is 44.9 Å². The van der Waals surface area contributed by atoms with Gasteiger partial charge in [-0.15, -0.1) is 0 Å².